The molecule has 0 spiro atoms. The summed E-state index contributed by atoms with van der Waals surface area (Å²) in [5, 5.41) is 11.3. The van der Waals surface area contributed by atoms with Crippen molar-refractivity contribution in [2.75, 3.05) is 31.6 Å². The zero-order valence-electron chi connectivity index (χ0n) is 17.1. The number of nitrogens with one attached hydrogen (secondary N) is 2. The molecule has 7 nitrogen and oxygen atoms in total. The number of halogens is 1. The number of pyridine rings is 1. The van der Waals surface area contributed by atoms with Crippen LogP contribution >= 0.6 is 24.0 Å². The molecule has 1 aliphatic heterocycles. The third-order valence-electron chi connectivity index (χ3n) is 4.87. The summed E-state index contributed by atoms with van der Waals surface area (Å²) in [4.78, 5) is 11.2. The largest absolute Gasteiger partial charge is 0.357 e. The lowest BCUT2D eigenvalue weighted by Crippen LogP contribution is -2.37. The van der Waals surface area contributed by atoms with Gasteiger partial charge in [0, 0.05) is 51.7 Å². The number of aliphatic imine (C=N–C) groups is 1. The van der Waals surface area contributed by atoms with E-state index in [1.54, 1.807) is 7.05 Å². The van der Waals surface area contributed by atoms with Gasteiger partial charge in [-0.05, 0) is 56.9 Å². The molecular formula is C20H32IN7. The van der Waals surface area contributed by atoms with E-state index in [1.807, 2.05) is 13.1 Å². The molecule has 2 aromatic rings. The predicted octanol–water partition coefficient (Wildman–Crippen LogP) is 2.87. The molecule has 3 rings (SSSR count). The third kappa shape index (κ3) is 6.35. The maximum Gasteiger partial charge on any atom is 0.191 e. The first kappa shape index (κ1) is 22.4. The number of hydrogen-bond acceptors (Lipinski definition) is 4. The van der Waals surface area contributed by atoms with Crippen LogP contribution in [0.5, 0.6) is 0 Å². The van der Waals surface area contributed by atoms with Crippen LogP contribution in [-0.4, -0.2) is 47.4 Å². The smallest absolute Gasteiger partial charge is 0.191 e. The summed E-state index contributed by atoms with van der Waals surface area (Å²) in [6, 6.07) is 6.34. The fourth-order valence-corrected chi connectivity index (χ4v) is 3.43. The van der Waals surface area contributed by atoms with E-state index in [0.717, 1.165) is 56.6 Å². The molecule has 1 fully saturated rings. The molecule has 0 bridgehead atoms. The van der Waals surface area contributed by atoms with E-state index in [9.17, 15) is 0 Å². The predicted molar refractivity (Wildman–Crippen MR) is 126 cm³/mol. The first-order valence-corrected chi connectivity index (χ1v) is 9.81. The van der Waals surface area contributed by atoms with Crippen molar-refractivity contribution < 1.29 is 0 Å². The summed E-state index contributed by atoms with van der Waals surface area (Å²) in [5.74, 6) is 1.91. The van der Waals surface area contributed by atoms with Gasteiger partial charge in [-0.15, -0.1) is 24.0 Å². The second-order valence-corrected chi connectivity index (χ2v) is 7.07. The van der Waals surface area contributed by atoms with Crippen LogP contribution in [0, 0.1) is 13.8 Å². The van der Waals surface area contributed by atoms with E-state index < -0.39 is 0 Å². The van der Waals surface area contributed by atoms with Gasteiger partial charge >= 0.3 is 0 Å². The topological polar surface area (TPSA) is 70.4 Å². The van der Waals surface area contributed by atoms with Crippen molar-refractivity contribution in [1.29, 1.82) is 0 Å². The van der Waals surface area contributed by atoms with Crippen molar-refractivity contribution in [2.45, 2.75) is 46.2 Å². The second-order valence-electron chi connectivity index (χ2n) is 7.07. The zero-order valence-corrected chi connectivity index (χ0v) is 19.4. The monoisotopic (exact) mass is 497 g/mol. The minimum Gasteiger partial charge on any atom is -0.357 e. The van der Waals surface area contributed by atoms with Crippen molar-refractivity contribution in [3.05, 3.63) is 41.3 Å². The number of guanidine groups is 1. The van der Waals surface area contributed by atoms with Crippen molar-refractivity contribution in [3.63, 3.8) is 0 Å². The molecule has 8 heteroatoms. The molecule has 2 N–H and O–H groups in total. The van der Waals surface area contributed by atoms with Gasteiger partial charge in [0.1, 0.15) is 5.82 Å². The highest BCUT2D eigenvalue weighted by Crippen LogP contribution is 2.18. The van der Waals surface area contributed by atoms with Gasteiger partial charge < -0.3 is 15.5 Å². The highest BCUT2D eigenvalue weighted by molar-refractivity contribution is 14.0. The Morgan fingerprint density at radius 2 is 1.96 bits per heavy atom. The molecule has 3 heterocycles. The summed E-state index contributed by atoms with van der Waals surface area (Å²) in [6.07, 6.45) is 5.42. The Balaban J connectivity index is 0.00000280. The first-order valence-electron chi connectivity index (χ1n) is 9.81. The fourth-order valence-electron chi connectivity index (χ4n) is 3.43. The Kier molecular flexibility index (Phi) is 9.01. The van der Waals surface area contributed by atoms with Gasteiger partial charge in [0.2, 0.25) is 0 Å². The zero-order chi connectivity index (χ0) is 19.1. The average Bonchev–Trinajstić information content (AvgIpc) is 3.31. The number of aromatic nitrogens is 3. The Labute approximate surface area is 185 Å². The standard InChI is InChI=1S/C20H31N7.HI/c1-16-13-17(2)27(25-16)12-6-8-23-20(21-3)24-15-18-7-9-22-19(14-18)26-10-4-5-11-26;/h7,9,13-14H,4-6,8,10-12,15H2,1-3H3,(H2,21,23,24);1H. The number of nitrogens with zero attached hydrogens (tertiary/aromatic N) is 5. The van der Waals surface area contributed by atoms with Crippen LogP contribution in [0.4, 0.5) is 5.82 Å². The van der Waals surface area contributed by atoms with Crippen molar-refractivity contribution in [3.8, 4) is 0 Å². The van der Waals surface area contributed by atoms with Gasteiger partial charge in [0.15, 0.2) is 5.96 Å². The Bertz CT molecular complexity index is 766. The number of aryl methyl sites for hydroxylation is 3. The van der Waals surface area contributed by atoms with Crippen molar-refractivity contribution in [2.24, 2.45) is 4.99 Å². The molecule has 1 saturated heterocycles. The Morgan fingerprint density at radius 3 is 2.64 bits per heavy atom. The molecule has 0 saturated carbocycles. The summed E-state index contributed by atoms with van der Waals surface area (Å²) >= 11 is 0. The number of hydrogen-bond donors (Lipinski definition) is 2. The molecule has 0 aromatic carbocycles. The van der Waals surface area contributed by atoms with E-state index >= 15 is 0 Å². The summed E-state index contributed by atoms with van der Waals surface area (Å²) in [6.45, 7) is 8.85. The fraction of sp³-hybridized carbons (Fsp3) is 0.550. The molecule has 0 aliphatic carbocycles. The second kappa shape index (κ2) is 11.2. The van der Waals surface area contributed by atoms with Crippen LogP contribution in [-0.2, 0) is 13.1 Å². The van der Waals surface area contributed by atoms with Gasteiger partial charge in [-0.3, -0.25) is 9.67 Å². The van der Waals surface area contributed by atoms with Gasteiger partial charge in [-0.2, -0.15) is 5.10 Å². The lowest BCUT2D eigenvalue weighted by atomic mass is 10.2. The van der Waals surface area contributed by atoms with Crippen LogP contribution in [0.25, 0.3) is 0 Å². The molecule has 28 heavy (non-hydrogen) atoms. The van der Waals surface area contributed by atoms with Crippen LogP contribution < -0.4 is 15.5 Å². The summed E-state index contributed by atoms with van der Waals surface area (Å²) in [5.41, 5.74) is 3.50. The van der Waals surface area contributed by atoms with E-state index in [1.165, 1.54) is 24.1 Å². The van der Waals surface area contributed by atoms with Crippen LogP contribution in [0.1, 0.15) is 36.2 Å². The highest BCUT2D eigenvalue weighted by atomic mass is 127. The Morgan fingerprint density at radius 1 is 1.18 bits per heavy atom. The molecular weight excluding hydrogens is 465 g/mol. The van der Waals surface area contributed by atoms with Gasteiger partial charge in [-0.25, -0.2) is 4.98 Å². The molecule has 0 amide bonds. The summed E-state index contributed by atoms with van der Waals surface area (Å²) in [7, 11) is 1.80. The SMILES string of the molecule is CN=C(NCCCn1nc(C)cc1C)NCc1ccnc(N2CCCC2)c1.I. The van der Waals surface area contributed by atoms with E-state index in [2.05, 4.69) is 60.4 Å². The number of anilines is 1. The van der Waals surface area contributed by atoms with Gasteiger partial charge in [0.05, 0.1) is 5.69 Å². The van der Waals surface area contributed by atoms with Crippen molar-refractivity contribution >= 4 is 35.8 Å². The van der Waals surface area contributed by atoms with E-state index in [0.29, 0.717) is 0 Å². The molecule has 0 radical (unpaired) electrons. The maximum atomic E-state index is 4.51. The van der Waals surface area contributed by atoms with Gasteiger partial charge in [0.25, 0.3) is 0 Å². The lowest BCUT2D eigenvalue weighted by molar-refractivity contribution is 0.555. The average molecular weight is 497 g/mol. The first-order chi connectivity index (χ1) is 13.2. The quantitative estimate of drug-likeness (QED) is 0.267. The molecule has 0 atom stereocenters. The lowest BCUT2D eigenvalue weighted by Gasteiger charge is -2.17. The van der Waals surface area contributed by atoms with Crippen LogP contribution in [0.3, 0.4) is 0 Å². The normalized spacial score (nSPS) is 14.1. The van der Waals surface area contributed by atoms with E-state index in [4.69, 9.17) is 0 Å². The summed E-state index contributed by atoms with van der Waals surface area (Å²) < 4.78 is 2.06. The molecule has 1 aliphatic rings. The molecule has 0 unspecified atom stereocenters. The number of rotatable bonds is 7. The minimum absolute atomic E-state index is 0. The van der Waals surface area contributed by atoms with E-state index in [-0.39, 0.29) is 24.0 Å². The van der Waals surface area contributed by atoms with Crippen LogP contribution in [0.2, 0.25) is 0 Å². The van der Waals surface area contributed by atoms with Crippen LogP contribution in [0.15, 0.2) is 29.4 Å². The molecule has 2 aromatic heterocycles. The van der Waals surface area contributed by atoms with Crippen molar-refractivity contribution in [1.82, 2.24) is 25.4 Å². The molecule has 154 valence electrons. The highest BCUT2D eigenvalue weighted by Gasteiger charge is 2.13. The minimum atomic E-state index is 0. The van der Waals surface area contributed by atoms with Gasteiger partial charge in [-0.1, -0.05) is 0 Å². The maximum absolute atomic E-state index is 4.51. The Hall–Kier alpha value is -1.84. The third-order valence-corrected chi connectivity index (χ3v) is 4.87.